The number of carbonyl (C=O) groups excluding carboxylic acids is 1. The number of nitro benzene ring substituents is 1. The number of hydrogen-bond acceptors (Lipinski definition) is 5. The van der Waals surface area contributed by atoms with Crippen LogP contribution in [0.25, 0.3) is 0 Å². The van der Waals surface area contributed by atoms with E-state index in [-0.39, 0.29) is 17.3 Å². The Morgan fingerprint density at radius 3 is 2.52 bits per heavy atom. The van der Waals surface area contributed by atoms with Gasteiger partial charge in [-0.2, -0.15) is 0 Å². The van der Waals surface area contributed by atoms with E-state index < -0.39 is 4.92 Å². The Hall–Kier alpha value is -3.09. The molecule has 0 spiro atoms. The van der Waals surface area contributed by atoms with Crippen LogP contribution in [0.2, 0.25) is 0 Å². The van der Waals surface area contributed by atoms with E-state index in [4.69, 9.17) is 4.74 Å². The van der Waals surface area contributed by atoms with E-state index in [9.17, 15) is 14.9 Å². The molecule has 1 amide bonds. The standard InChI is InChI=1S/C18H19N3O4/c1-2-25-17-12-14(7-10-16(17)21(23)24)19-13-5-8-15(9-6-13)20-11-3-4-18(20)22/h5-10,12,19H,2-4,11H2,1H3. The zero-order chi connectivity index (χ0) is 17.8. The molecule has 1 saturated heterocycles. The average molecular weight is 341 g/mol. The third-order valence-electron chi connectivity index (χ3n) is 4.00. The first kappa shape index (κ1) is 16.8. The number of carbonyl (C=O) groups is 1. The molecule has 25 heavy (non-hydrogen) atoms. The van der Waals surface area contributed by atoms with Gasteiger partial charge in [0.25, 0.3) is 0 Å². The zero-order valence-electron chi connectivity index (χ0n) is 13.9. The minimum Gasteiger partial charge on any atom is -0.487 e. The second kappa shape index (κ2) is 7.21. The Morgan fingerprint density at radius 1 is 1.20 bits per heavy atom. The van der Waals surface area contributed by atoms with Crippen LogP contribution in [0.5, 0.6) is 5.75 Å². The first-order chi connectivity index (χ1) is 12.1. The predicted octanol–water partition coefficient (Wildman–Crippen LogP) is 3.86. The first-order valence-corrected chi connectivity index (χ1v) is 8.17. The molecule has 1 fully saturated rings. The fraction of sp³-hybridized carbons (Fsp3) is 0.278. The molecule has 7 nitrogen and oxygen atoms in total. The zero-order valence-corrected chi connectivity index (χ0v) is 13.9. The molecular weight excluding hydrogens is 322 g/mol. The first-order valence-electron chi connectivity index (χ1n) is 8.17. The Balaban J connectivity index is 1.76. The van der Waals surface area contributed by atoms with E-state index in [0.717, 1.165) is 24.3 Å². The topological polar surface area (TPSA) is 84.7 Å². The van der Waals surface area contributed by atoms with Crippen LogP contribution in [-0.4, -0.2) is 24.0 Å². The Labute approximate surface area is 145 Å². The number of hydrogen-bond donors (Lipinski definition) is 1. The number of nitro groups is 1. The Morgan fingerprint density at radius 2 is 1.92 bits per heavy atom. The summed E-state index contributed by atoms with van der Waals surface area (Å²) in [7, 11) is 0. The third-order valence-corrected chi connectivity index (χ3v) is 4.00. The molecule has 3 rings (SSSR count). The van der Waals surface area contributed by atoms with Crippen LogP contribution >= 0.6 is 0 Å². The number of rotatable bonds is 6. The molecule has 0 unspecified atom stereocenters. The van der Waals surface area contributed by atoms with E-state index in [0.29, 0.717) is 18.7 Å². The fourth-order valence-electron chi connectivity index (χ4n) is 2.83. The summed E-state index contributed by atoms with van der Waals surface area (Å²) in [6.45, 7) is 2.89. The lowest BCUT2D eigenvalue weighted by Crippen LogP contribution is -2.23. The summed E-state index contributed by atoms with van der Waals surface area (Å²) in [5.41, 5.74) is 2.34. The molecule has 1 N–H and O–H groups in total. The average Bonchev–Trinajstić information content (AvgIpc) is 3.02. The molecule has 130 valence electrons. The van der Waals surface area contributed by atoms with Crippen LogP contribution in [0.3, 0.4) is 0 Å². The minimum atomic E-state index is -0.462. The lowest BCUT2D eigenvalue weighted by molar-refractivity contribution is -0.385. The highest BCUT2D eigenvalue weighted by atomic mass is 16.6. The number of ether oxygens (including phenoxy) is 1. The van der Waals surface area contributed by atoms with Gasteiger partial charge in [-0.1, -0.05) is 0 Å². The van der Waals surface area contributed by atoms with Gasteiger partial charge in [0.15, 0.2) is 5.75 Å². The van der Waals surface area contributed by atoms with Crippen LogP contribution in [0.1, 0.15) is 19.8 Å². The van der Waals surface area contributed by atoms with Crippen molar-refractivity contribution >= 4 is 28.7 Å². The number of amides is 1. The van der Waals surface area contributed by atoms with Gasteiger partial charge in [-0.05, 0) is 43.7 Å². The summed E-state index contributed by atoms with van der Waals surface area (Å²) < 4.78 is 5.35. The normalized spacial score (nSPS) is 13.8. The van der Waals surface area contributed by atoms with Crippen LogP contribution < -0.4 is 15.0 Å². The lowest BCUT2D eigenvalue weighted by atomic mass is 10.2. The molecule has 2 aromatic rings. The molecule has 1 heterocycles. The molecule has 0 atom stereocenters. The SMILES string of the molecule is CCOc1cc(Nc2ccc(N3CCCC3=O)cc2)ccc1[N+](=O)[O-]. The summed E-state index contributed by atoms with van der Waals surface area (Å²) >= 11 is 0. The fourth-order valence-corrected chi connectivity index (χ4v) is 2.83. The van der Waals surface area contributed by atoms with Gasteiger partial charge in [-0.25, -0.2) is 0 Å². The molecule has 0 radical (unpaired) electrons. The number of nitrogens with zero attached hydrogens (tertiary/aromatic N) is 2. The lowest BCUT2D eigenvalue weighted by Gasteiger charge is -2.16. The van der Waals surface area contributed by atoms with E-state index >= 15 is 0 Å². The van der Waals surface area contributed by atoms with E-state index in [1.54, 1.807) is 24.0 Å². The highest BCUT2D eigenvalue weighted by Gasteiger charge is 2.21. The van der Waals surface area contributed by atoms with Crippen LogP contribution in [-0.2, 0) is 4.79 Å². The van der Waals surface area contributed by atoms with Gasteiger partial charge in [-0.3, -0.25) is 14.9 Å². The predicted molar refractivity (Wildman–Crippen MR) is 95.6 cm³/mol. The van der Waals surface area contributed by atoms with Gasteiger partial charge >= 0.3 is 5.69 Å². The largest absolute Gasteiger partial charge is 0.487 e. The molecule has 0 bridgehead atoms. The molecule has 7 heteroatoms. The maximum Gasteiger partial charge on any atom is 0.311 e. The van der Waals surface area contributed by atoms with Crippen molar-refractivity contribution in [2.24, 2.45) is 0 Å². The Kier molecular flexibility index (Phi) is 4.83. The minimum absolute atomic E-state index is 0.0599. The molecule has 2 aromatic carbocycles. The highest BCUT2D eigenvalue weighted by Crippen LogP contribution is 2.32. The molecule has 0 aromatic heterocycles. The van der Waals surface area contributed by atoms with E-state index in [1.807, 2.05) is 24.3 Å². The number of nitrogens with one attached hydrogen (secondary N) is 1. The van der Waals surface area contributed by atoms with Gasteiger partial charge in [0, 0.05) is 42.2 Å². The van der Waals surface area contributed by atoms with Crippen LogP contribution in [0.4, 0.5) is 22.7 Å². The van der Waals surface area contributed by atoms with Gasteiger partial charge in [0.2, 0.25) is 5.91 Å². The van der Waals surface area contributed by atoms with Crippen molar-refractivity contribution in [2.45, 2.75) is 19.8 Å². The summed E-state index contributed by atoms with van der Waals surface area (Å²) in [6, 6.07) is 12.2. The van der Waals surface area contributed by atoms with Crippen molar-refractivity contribution in [3.8, 4) is 5.75 Å². The number of anilines is 3. The van der Waals surface area contributed by atoms with Crippen molar-refractivity contribution in [1.82, 2.24) is 0 Å². The smallest absolute Gasteiger partial charge is 0.311 e. The van der Waals surface area contributed by atoms with Crippen molar-refractivity contribution in [3.63, 3.8) is 0 Å². The molecule has 1 aliphatic rings. The van der Waals surface area contributed by atoms with Gasteiger partial charge in [0.1, 0.15) is 0 Å². The van der Waals surface area contributed by atoms with Crippen LogP contribution in [0, 0.1) is 10.1 Å². The molecule has 0 aliphatic carbocycles. The van der Waals surface area contributed by atoms with Crippen molar-refractivity contribution in [2.75, 3.05) is 23.4 Å². The summed E-state index contributed by atoms with van der Waals surface area (Å²) in [5.74, 6) is 0.384. The highest BCUT2D eigenvalue weighted by molar-refractivity contribution is 5.95. The van der Waals surface area contributed by atoms with Crippen molar-refractivity contribution < 1.29 is 14.5 Å². The summed E-state index contributed by atoms with van der Waals surface area (Å²) in [4.78, 5) is 24.1. The quantitative estimate of drug-likeness (QED) is 0.637. The van der Waals surface area contributed by atoms with E-state index in [1.165, 1.54) is 6.07 Å². The molecular formula is C18H19N3O4. The van der Waals surface area contributed by atoms with Crippen molar-refractivity contribution in [3.05, 3.63) is 52.6 Å². The van der Waals surface area contributed by atoms with Gasteiger partial charge < -0.3 is 15.0 Å². The Bertz CT molecular complexity index is 789. The van der Waals surface area contributed by atoms with Gasteiger partial charge in [-0.15, -0.1) is 0 Å². The molecule has 1 aliphatic heterocycles. The summed E-state index contributed by atoms with van der Waals surface area (Å²) in [6.07, 6.45) is 1.49. The second-order valence-corrected chi connectivity index (χ2v) is 5.69. The van der Waals surface area contributed by atoms with E-state index in [2.05, 4.69) is 5.32 Å². The third kappa shape index (κ3) is 3.71. The maximum absolute atomic E-state index is 11.8. The summed E-state index contributed by atoms with van der Waals surface area (Å²) in [5, 5.41) is 14.2. The maximum atomic E-state index is 11.8. The second-order valence-electron chi connectivity index (χ2n) is 5.69. The monoisotopic (exact) mass is 341 g/mol. The van der Waals surface area contributed by atoms with Crippen LogP contribution in [0.15, 0.2) is 42.5 Å². The molecule has 0 saturated carbocycles. The number of benzene rings is 2. The van der Waals surface area contributed by atoms with Crippen molar-refractivity contribution in [1.29, 1.82) is 0 Å². The van der Waals surface area contributed by atoms with Gasteiger partial charge in [0.05, 0.1) is 11.5 Å².